The van der Waals surface area contributed by atoms with Crippen molar-refractivity contribution in [1.29, 1.82) is 0 Å². The molecule has 0 spiro atoms. The Hall–Kier alpha value is -1.46. The fraction of sp³-hybridized carbons (Fsp3) is 0.385. The van der Waals surface area contributed by atoms with Gasteiger partial charge in [-0.15, -0.1) is 0 Å². The molecule has 1 unspecified atom stereocenters. The van der Waals surface area contributed by atoms with Crippen LogP contribution in [-0.4, -0.2) is 34.9 Å². The normalized spacial score (nSPS) is 20.5. The van der Waals surface area contributed by atoms with E-state index in [2.05, 4.69) is 10.2 Å². The molecule has 0 aromatic heterocycles. The quantitative estimate of drug-likeness (QED) is 0.786. The number of rotatable bonds is 3. The van der Waals surface area contributed by atoms with E-state index >= 15 is 0 Å². The van der Waals surface area contributed by atoms with Crippen LogP contribution in [0.25, 0.3) is 0 Å². The summed E-state index contributed by atoms with van der Waals surface area (Å²) in [4.78, 5) is 14.1. The highest BCUT2D eigenvalue weighted by Gasteiger charge is 2.25. The molecule has 1 aromatic carbocycles. The van der Waals surface area contributed by atoms with Crippen molar-refractivity contribution < 1.29 is 4.79 Å². The molecule has 0 saturated carbocycles. The van der Waals surface area contributed by atoms with E-state index in [-0.39, 0.29) is 11.9 Å². The van der Waals surface area contributed by atoms with Gasteiger partial charge in [-0.3, -0.25) is 9.69 Å². The minimum Gasteiger partial charge on any atom is -0.389 e. The second-order valence-electron chi connectivity index (χ2n) is 4.50. The van der Waals surface area contributed by atoms with Gasteiger partial charge in [0.15, 0.2) is 0 Å². The van der Waals surface area contributed by atoms with Gasteiger partial charge in [-0.05, 0) is 18.6 Å². The number of nitrogens with zero attached hydrogens (tertiary/aromatic N) is 1. The van der Waals surface area contributed by atoms with Crippen LogP contribution < -0.4 is 11.1 Å². The van der Waals surface area contributed by atoms with Crippen LogP contribution in [-0.2, 0) is 11.3 Å². The van der Waals surface area contributed by atoms with Crippen LogP contribution in [0.1, 0.15) is 18.1 Å². The largest absolute Gasteiger partial charge is 0.389 e. The van der Waals surface area contributed by atoms with E-state index in [1.807, 2.05) is 31.2 Å². The number of carbonyl (C=O) groups excluding carboxylic acids is 1. The van der Waals surface area contributed by atoms with Crippen molar-refractivity contribution in [3.05, 3.63) is 35.4 Å². The Kier molecular flexibility index (Phi) is 3.93. The van der Waals surface area contributed by atoms with Gasteiger partial charge in [0.1, 0.15) is 4.99 Å². The molecular weight excluding hydrogens is 246 g/mol. The van der Waals surface area contributed by atoms with Gasteiger partial charge in [-0.25, -0.2) is 0 Å². The van der Waals surface area contributed by atoms with Crippen molar-refractivity contribution in [3.8, 4) is 0 Å². The lowest BCUT2D eigenvalue weighted by atomic mass is 10.1. The number of hydrogen-bond donors (Lipinski definition) is 2. The van der Waals surface area contributed by atoms with Crippen molar-refractivity contribution >= 4 is 23.1 Å². The zero-order valence-corrected chi connectivity index (χ0v) is 11.2. The molecule has 1 amide bonds. The Morgan fingerprint density at radius 3 is 3.11 bits per heavy atom. The van der Waals surface area contributed by atoms with Crippen LogP contribution in [0.15, 0.2) is 24.3 Å². The van der Waals surface area contributed by atoms with E-state index in [0.717, 1.165) is 24.2 Å². The maximum absolute atomic E-state index is 11.6. The monoisotopic (exact) mass is 263 g/mol. The van der Waals surface area contributed by atoms with E-state index in [4.69, 9.17) is 18.0 Å². The number of thiocarbonyl (C=S) groups is 1. The van der Waals surface area contributed by atoms with Gasteiger partial charge in [0.05, 0.1) is 6.04 Å². The molecule has 3 N–H and O–H groups in total. The first-order valence-electron chi connectivity index (χ1n) is 5.98. The summed E-state index contributed by atoms with van der Waals surface area (Å²) < 4.78 is 0. The van der Waals surface area contributed by atoms with E-state index in [9.17, 15) is 4.79 Å². The standard InChI is InChI=1S/C13H17N3OS/c1-9-13(17)15-5-6-16(9)8-10-3-2-4-11(7-10)12(14)18/h2-4,7,9H,5-6,8H2,1H3,(H2,14,18)(H,15,17). The fourth-order valence-corrected chi connectivity index (χ4v) is 2.23. The molecule has 1 heterocycles. The maximum Gasteiger partial charge on any atom is 0.237 e. The minimum absolute atomic E-state index is 0.0896. The summed E-state index contributed by atoms with van der Waals surface area (Å²) in [5.74, 6) is 0.0896. The highest BCUT2D eigenvalue weighted by molar-refractivity contribution is 7.80. The first kappa shape index (κ1) is 13.0. The molecule has 1 atom stereocenters. The molecule has 1 aromatic rings. The van der Waals surface area contributed by atoms with Gasteiger partial charge in [0.25, 0.3) is 0 Å². The Balaban J connectivity index is 2.11. The SMILES string of the molecule is CC1C(=O)NCCN1Cc1cccc(C(N)=S)c1. The summed E-state index contributed by atoms with van der Waals surface area (Å²) in [6.45, 7) is 4.24. The average molecular weight is 263 g/mol. The van der Waals surface area contributed by atoms with Gasteiger partial charge in [-0.2, -0.15) is 0 Å². The number of carbonyl (C=O) groups is 1. The molecule has 1 aliphatic heterocycles. The fourth-order valence-electron chi connectivity index (χ4n) is 2.10. The Bertz CT molecular complexity index is 475. The molecule has 96 valence electrons. The number of amides is 1. The summed E-state index contributed by atoms with van der Waals surface area (Å²) >= 11 is 4.97. The predicted octanol–water partition coefficient (Wildman–Crippen LogP) is 0.641. The lowest BCUT2D eigenvalue weighted by Crippen LogP contribution is -2.53. The molecule has 0 aliphatic carbocycles. The number of piperazine rings is 1. The Morgan fingerprint density at radius 2 is 2.39 bits per heavy atom. The van der Waals surface area contributed by atoms with Crippen molar-refractivity contribution in [1.82, 2.24) is 10.2 Å². The molecule has 0 bridgehead atoms. The third-order valence-electron chi connectivity index (χ3n) is 3.22. The number of hydrogen-bond acceptors (Lipinski definition) is 3. The van der Waals surface area contributed by atoms with E-state index in [0.29, 0.717) is 11.5 Å². The van der Waals surface area contributed by atoms with Gasteiger partial charge in [0.2, 0.25) is 5.91 Å². The number of nitrogens with two attached hydrogens (primary N) is 1. The predicted molar refractivity (Wildman–Crippen MR) is 75.2 cm³/mol. The van der Waals surface area contributed by atoms with E-state index < -0.39 is 0 Å². The topological polar surface area (TPSA) is 58.4 Å². The second-order valence-corrected chi connectivity index (χ2v) is 4.94. The minimum atomic E-state index is -0.0905. The number of nitrogens with one attached hydrogen (secondary N) is 1. The van der Waals surface area contributed by atoms with Crippen LogP contribution in [0.5, 0.6) is 0 Å². The van der Waals surface area contributed by atoms with Crippen molar-refractivity contribution in [3.63, 3.8) is 0 Å². The van der Waals surface area contributed by atoms with Gasteiger partial charge < -0.3 is 11.1 Å². The molecule has 1 fully saturated rings. The van der Waals surface area contributed by atoms with Crippen LogP contribution in [0.3, 0.4) is 0 Å². The number of benzene rings is 1. The molecule has 0 radical (unpaired) electrons. The molecule has 4 nitrogen and oxygen atoms in total. The Morgan fingerprint density at radius 1 is 1.61 bits per heavy atom. The molecule has 2 rings (SSSR count). The highest BCUT2D eigenvalue weighted by atomic mass is 32.1. The van der Waals surface area contributed by atoms with Crippen molar-refractivity contribution in [2.24, 2.45) is 5.73 Å². The Labute approximate surface area is 112 Å². The third-order valence-corrected chi connectivity index (χ3v) is 3.46. The van der Waals surface area contributed by atoms with Crippen LogP contribution in [0.2, 0.25) is 0 Å². The van der Waals surface area contributed by atoms with Crippen molar-refractivity contribution in [2.75, 3.05) is 13.1 Å². The summed E-state index contributed by atoms with van der Waals surface area (Å²) in [7, 11) is 0. The summed E-state index contributed by atoms with van der Waals surface area (Å²) in [6, 6.07) is 7.77. The van der Waals surface area contributed by atoms with Gasteiger partial charge in [-0.1, -0.05) is 30.4 Å². The smallest absolute Gasteiger partial charge is 0.237 e. The summed E-state index contributed by atoms with van der Waals surface area (Å²) in [5.41, 5.74) is 7.62. The zero-order chi connectivity index (χ0) is 13.1. The lowest BCUT2D eigenvalue weighted by Gasteiger charge is -2.32. The van der Waals surface area contributed by atoms with Gasteiger partial charge >= 0.3 is 0 Å². The molecule has 5 heteroatoms. The molecule has 1 saturated heterocycles. The highest BCUT2D eigenvalue weighted by Crippen LogP contribution is 2.12. The third kappa shape index (κ3) is 2.86. The van der Waals surface area contributed by atoms with Crippen LogP contribution >= 0.6 is 12.2 Å². The maximum atomic E-state index is 11.6. The van der Waals surface area contributed by atoms with Crippen LogP contribution in [0.4, 0.5) is 0 Å². The van der Waals surface area contributed by atoms with E-state index in [1.54, 1.807) is 0 Å². The zero-order valence-electron chi connectivity index (χ0n) is 10.3. The lowest BCUT2D eigenvalue weighted by molar-refractivity contribution is -0.128. The first-order chi connectivity index (χ1) is 8.58. The molecular formula is C13H17N3OS. The molecule has 18 heavy (non-hydrogen) atoms. The second kappa shape index (κ2) is 5.46. The molecule has 1 aliphatic rings. The summed E-state index contributed by atoms with van der Waals surface area (Å²) in [6.07, 6.45) is 0. The van der Waals surface area contributed by atoms with E-state index in [1.165, 1.54) is 0 Å². The van der Waals surface area contributed by atoms with Crippen molar-refractivity contribution in [2.45, 2.75) is 19.5 Å². The van der Waals surface area contributed by atoms with Gasteiger partial charge in [0, 0.05) is 25.2 Å². The summed E-state index contributed by atoms with van der Waals surface area (Å²) in [5, 5.41) is 2.86. The first-order valence-corrected chi connectivity index (χ1v) is 6.39. The van der Waals surface area contributed by atoms with Crippen LogP contribution in [0, 0.1) is 0 Å². The average Bonchev–Trinajstić information content (AvgIpc) is 2.35.